The maximum Gasteiger partial charge on any atom is 0.102 e. The van der Waals surface area contributed by atoms with Crippen LogP contribution in [0.5, 0.6) is 0 Å². The summed E-state index contributed by atoms with van der Waals surface area (Å²) in [6.45, 7) is 3.73. The minimum Gasteiger partial charge on any atom is -0.302 e. The van der Waals surface area contributed by atoms with Crippen LogP contribution in [-0.2, 0) is 0 Å². The van der Waals surface area contributed by atoms with Gasteiger partial charge < -0.3 is 4.90 Å². The molecule has 2 heterocycles. The van der Waals surface area contributed by atoms with Crippen molar-refractivity contribution in [1.82, 2.24) is 9.80 Å². The Balaban J connectivity index is 1.97. The summed E-state index contributed by atoms with van der Waals surface area (Å²) in [5.41, 5.74) is 1.55. The van der Waals surface area contributed by atoms with Crippen LogP contribution in [0.1, 0.15) is 19.3 Å². The van der Waals surface area contributed by atoms with Gasteiger partial charge in [0.2, 0.25) is 0 Å². The second-order valence-corrected chi connectivity index (χ2v) is 4.67. The summed E-state index contributed by atoms with van der Waals surface area (Å²) in [7, 11) is 2.15. The summed E-state index contributed by atoms with van der Waals surface area (Å²) in [5, 5.41) is 0. The molecule has 15 heavy (non-hydrogen) atoms. The normalized spacial score (nSPS) is 29.5. The molecule has 86 valence electrons. The average molecular weight is 212 g/mol. The summed E-state index contributed by atoms with van der Waals surface area (Å²) >= 11 is 0. The lowest BCUT2D eigenvalue weighted by Gasteiger charge is -2.30. The van der Waals surface area contributed by atoms with Gasteiger partial charge in [-0.2, -0.15) is 0 Å². The van der Waals surface area contributed by atoms with E-state index in [1.807, 2.05) is 0 Å². The van der Waals surface area contributed by atoms with Gasteiger partial charge in [0, 0.05) is 25.7 Å². The van der Waals surface area contributed by atoms with Crippen molar-refractivity contribution in [1.29, 1.82) is 0 Å². The van der Waals surface area contributed by atoms with Crippen LogP contribution >= 0.6 is 0 Å². The van der Waals surface area contributed by atoms with Crippen LogP contribution in [0.15, 0.2) is 11.6 Å². The molecule has 3 heteroatoms. The lowest BCUT2D eigenvalue weighted by molar-refractivity contribution is 0.241. The third-order valence-electron chi connectivity index (χ3n) is 3.61. The lowest BCUT2D eigenvalue weighted by atomic mass is 9.98. The largest absolute Gasteiger partial charge is 0.302 e. The fraction of sp³-hybridized carbons (Fsp3) is 0.833. The number of likely N-dealkylation sites (N-methyl/N-ethyl adjacent to an activating group) is 1. The van der Waals surface area contributed by atoms with Gasteiger partial charge >= 0.3 is 0 Å². The Morgan fingerprint density at radius 1 is 1.47 bits per heavy atom. The molecule has 2 rings (SSSR count). The number of nitrogens with zero attached hydrogens (tertiary/aromatic N) is 2. The van der Waals surface area contributed by atoms with Crippen LogP contribution in [0.3, 0.4) is 0 Å². The van der Waals surface area contributed by atoms with Crippen molar-refractivity contribution in [3.8, 4) is 0 Å². The van der Waals surface area contributed by atoms with Crippen LogP contribution in [0.2, 0.25) is 0 Å². The number of likely N-dealkylation sites (tertiary alicyclic amines) is 1. The summed E-state index contributed by atoms with van der Waals surface area (Å²) in [6.07, 6.45) is 5.99. The number of hydrogen-bond donors (Lipinski definition) is 0. The number of halogens is 1. The number of hydrogen-bond acceptors (Lipinski definition) is 2. The molecule has 2 nitrogen and oxygen atoms in total. The maximum atomic E-state index is 12.4. The zero-order valence-corrected chi connectivity index (χ0v) is 9.58. The standard InChI is InChI=1S/C12H21FN2/c1-14-8-4-11(5-9-14)12-3-2-7-15(12)10-6-13/h4,12H,2-3,5-10H2,1H3/t12-/m0/s1. The van der Waals surface area contributed by atoms with E-state index in [2.05, 4.69) is 22.9 Å². The van der Waals surface area contributed by atoms with Crippen LogP contribution in [-0.4, -0.2) is 55.7 Å². The Morgan fingerprint density at radius 2 is 2.33 bits per heavy atom. The van der Waals surface area contributed by atoms with E-state index in [0.717, 1.165) is 19.6 Å². The van der Waals surface area contributed by atoms with Crippen molar-refractivity contribution in [2.75, 3.05) is 39.9 Å². The van der Waals surface area contributed by atoms with Gasteiger partial charge in [-0.05, 0) is 32.9 Å². The van der Waals surface area contributed by atoms with Gasteiger partial charge in [0.15, 0.2) is 0 Å². The molecule has 0 aromatic heterocycles. The molecule has 1 fully saturated rings. The second-order valence-electron chi connectivity index (χ2n) is 4.67. The summed E-state index contributed by atoms with van der Waals surface area (Å²) in [6, 6.07) is 0.550. The Kier molecular flexibility index (Phi) is 3.76. The average Bonchev–Trinajstić information content (AvgIpc) is 2.68. The number of alkyl halides is 1. The molecule has 2 aliphatic heterocycles. The summed E-state index contributed by atoms with van der Waals surface area (Å²) < 4.78 is 12.4. The van der Waals surface area contributed by atoms with Crippen molar-refractivity contribution in [2.24, 2.45) is 0 Å². The van der Waals surface area contributed by atoms with Crippen LogP contribution < -0.4 is 0 Å². The smallest absolute Gasteiger partial charge is 0.102 e. The summed E-state index contributed by atoms with van der Waals surface area (Å²) in [4.78, 5) is 4.65. The molecule has 0 radical (unpaired) electrons. The van der Waals surface area contributed by atoms with Crippen molar-refractivity contribution >= 4 is 0 Å². The minimum absolute atomic E-state index is 0.205. The minimum atomic E-state index is -0.205. The third-order valence-corrected chi connectivity index (χ3v) is 3.61. The first-order valence-corrected chi connectivity index (χ1v) is 5.98. The molecule has 0 N–H and O–H groups in total. The fourth-order valence-corrected chi connectivity index (χ4v) is 2.71. The van der Waals surface area contributed by atoms with Gasteiger partial charge in [0.1, 0.15) is 6.67 Å². The quantitative estimate of drug-likeness (QED) is 0.657. The van der Waals surface area contributed by atoms with Gasteiger partial charge in [0.05, 0.1) is 0 Å². The topological polar surface area (TPSA) is 6.48 Å². The third kappa shape index (κ3) is 2.58. The Bertz CT molecular complexity index is 240. The van der Waals surface area contributed by atoms with Crippen LogP contribution in [0, 0.1) is 0 Å². The first-order chi connectivity index (χ1) is 7.31. The van der Waals surface area contributed by atoms with Gasteiger partial charge in [-0.25, -0.2) is 4.39 Å². The van der Waals surface area contributed by atoms with Crippen molar-refractivity contribution in [3.05, 3.63) is 11.6 Å². The number of rotatable bonds is 3. The van der Waals surface area contributed by atoms with Crippen LogP contribution in [0.25, 0.3) is 0 Å². The lowest BCUT2D eigenvalue weighted by Crippen LogP contribution is -2.36. The first kappa shape index (κ1) is 11.1. The first-order valence-electron chi connectivity index (χ1n) is 5.98. The molecule has 0 aliphatic carbocycles. The zero-order valence-electron chi connectivity index (χ0n) is 9.58. The highest BCUT2D eigenvalue weighted by Gasteiger charge is 2.27. The Labute approximate surface area is 91.7 Å². The molecule has 2 aliphatic rings. The van der Waals surface area contributed by atoms with E-state index in [0.29, 0.717) is 12.6 Å². The molecular formula is C12H21FN2. The van der Waals surface area contributed by atoms with Crippen molar-refractivity contribution in [3.63, 3.8) is 0 Å². The predicted octanol–water partition coefficient (Wildman–Crippen LogP) is 1.68. The molecule has 0 spiro atoms. The van der Waals surface area contributed by atoms with E-state index in [-0.39, 0.29) is 6.67 Å². The van der Waals surface area contributed by atoms with Gasteiger partial charge in [-0.1, -0.05) is 11.6 Å². The Hall–Kier alpha value is -0.410. The molecule has 1 atom stereocenters. The Morgan fingerprint density at radius 3 is 3.00 bits per heavy atom. The molecule has 0 saturated carbocycles. The molecular weight excluding hydrogens is 191 g/mol. The van der Waals surface area contributed by atoms with Crippen molar-refractivity contribution < 1.29 is 4.39 Å². The summed E-state index contributed by atoms with van der Waals surface area (Å²) in [5.74, 6) is 0. The van der Waals surface area contributed by atoms with E-state index in [1.54, 1.807) is 5.57 Å². The second kappa shape index (κ2) is 5.08. The monoisotopic (exact) mass is 212 g/mol. The van der Waals surface area contributed by atoms with E-state index in [4.69, 9.17) is 0 Å². The van der Waals surface area contributed by atoms with Gasteiger partial charge in [-0.15, -0.1) is 0 Å². The molecule has 0 unspecified atom stereocenters. The van der Waals surface area contributed by atoms with E-state index in [9.17, 15) is 4.39 Å². The zero-order chi connectivity index (χ0) is 10.7. The van der Waals surface area contributed by atoms with E-state index in [1.165, 1.54) is 19.3 Å². The molecule has 0 amide bonds. The fourth-order valence-electron chi connectivity index (χ4n) is 2.71. The highest BCUT2D eigenvalue weighted by Crippen LogP contribution is 2.27. The van der Waals surface area contributed by atoms with Gasteiger partial charge in [-0.3, -0.25) is 4.90 Å². The van der Waals surface area contributed by atoms with E-state index < -0.39 is 0 Å². The highest BCUT2D eigenvalue weighted by atomic mass is 19.1. The molecule has 1 saturated heterocycles. The van der Waals surface area contributed by atoms with Gasteiger partial charge in [0.25, 0.3) is 0 Å². The highest BCUT2D eigenvalue weighted by molar-refractivity contribution is 5.16. The molecule has 0 aromatic carbocycles. The molecule has 0 aromatic rings. The van der Waals surface area contributed by atoms with Crippen LogP contribution in [0.4, 0.5) is 4.39 Å². The van der Waals surface area contributed by atoms with E-state index >= 15 is 0 Å². The SMILES string of the molecule is CN1CC=C([C@@H]2CCCN2CCF)CC1. The maximum absolute atomic E-state index is 12.4. The predicted molar refractivity (Wildman–Crippen MR) is 60.8 cm³/mol. The molecule has 0 bridgehead atoms. The van der Waals surface area contributed by atoms with Crippen molar-refractivity contribution in [2.45, 2.75) is 25.3 Å².